The van der Waals surface area contributed by atoms with Gasteiger partial charge in [-0.05, 0) is 18.6 Å². The third-order valence-corrected chi connectivity index (χ3v) is 1.93. The highest BCUT2D eigenvalue weighted by Crippen LogP contribution is 2.00. The third kappa shape index (κ3) is 4.51. The van der Waals surface area contributed by atoms with Crippen LogP contribution in [0.15, 0.2) is 27.8 Å². The highest BCUT2D eigenvalue weighted by atomic mass is 16.3. The van der Waals surface area contributed by atoms with Crippen molar-refractivity contribution in [2.45, 2.75) is 26.3 Å². The Morgan fingerprint density at radius 2 is 2.47 bits per heavy atom. The number of nitrogens with one attached hydrogen (secondary N) is 2. The molecule has 0 amide bonds. The molecule has 0 aliphatic rings. The third-order valence-electron chi connectivity index (χ3n) is 1.93. The average molecular weight is 210 g/mol. The van der Waals surface area contributed by atoms with Gasteiger partial charge >= 0.3 is 0 Å². The van der Waals surface area contributed by atoms with Crippen LogP contribution >= 0.6 is 0 Å². The van der Waals surface area contributed by atoms with Gasteiger partial charge in [0, 0.05) is 6.54 Å². The molecule has 84 valence electrons. The fourth-order valence-electron chi connectivity index (χ4n) is 1.10. The van der Waals surface area contributed by atoms with E-state index in [0.717, 1.165) is 25.1 Å². The van der Waals surface area contributed by atoms with Crippen molar-refractivity contribution in [1.82, 2.24) is 10.7 Å². The van der Waals surface area contributed by atoms with E-state index in [4.69, 9.17) is 10.3 Å². The van der Waals surface area contributed by atoms with E-state index in [-0.39, 0.29) is 0 Å². The Balaban J connectivity index is 2.33. The lowest BCUT2D eigenvalue weighted by Gasteiger charge is -2.07. The van der Waals surface area contributed by atoms with Gasteiger partial charge in [-0.1, -0.05) is 13.3 Å². The number of nitrogens with zero attached hydrogens (tertiary/aromatic N) is 1. The molecule has 0 saturated carbocycles. The van der Waals surface area contributed by atoms with Gasteiger partial charge in [0.15, 0.2) is 0 Å². The second kappa shape index (κ2) is 6.89. The monoisotopic (exact) mass is 210 g/mol. The molecule has 4 N–H and O–H groups in total. The largest absolute Gasteiger partial charge is 0.467 e. The number of hydrogen-bond acceptors (Lipinski definition) is 3. The number of unbranched alkanes of at least 4 members (excludes halogenated alkanes) is 1. The molecule has 0 fully saturated rings. The number of hydrazine groups is 1. The second-order valence-corrected chi connectivity index (χ2v) is 3.17. The summed E-state index contributed by atoms with van der Waals surface area (Å²) in [5, 5.41) is 3.10. The molecule has 0 aliphatic carbocycles. The highest BCUT2D eigenvalue weighted by molar-refractivity contribution is 5.79. The molecule has 0 aliphatic heterocycles. The molecule has 0 bridgehead atoms. The Bertz CT molecular complexity index is 282. The summed E-state index contributed by atoms with van der Waals surface area (Å²) in [6.07, 6.45) is 3.87. The SMILES string of the molecule is CCCCNC(=NCc1ccco1)NN. The Hall–Kier alpha value is -1.49. The highest BCUT2D eigenvalue weighted by Gasteiger charge is 1.96. The quantitative estimate of drug-likeness (QED) is 0.223. The van der Waals surface area contributed by atoms with Crippen molar-refractivity contribution in [2.75, 3.05) is 6.54 Å². The predicted molar refractivity (Wildman–Crippen MR) is 60.1 cm³/mol. The zero-order valence-electron chi connectivity index (χ0n) is 8.99. The molecular weight excluding hydrogens is 192 g/mol. The Labute approximate surface area is 89.7 Å². The molecule has 1 aromatic rings. The molecule has 1 rings (SSSR count). The summed E-state index contributed by atoms with van der Waals surface area (Å²) in [7, 11) is 0. The number of furan rings is 1. The van der Waals surface area contributed by atoms with E-state index in [1.54, 1.807) is 6.26 Å². The lowest BCUT2D eigenvalue weighted by molar-refractivity contribution is 0.512. The molecule has 1 heterocycles. The minimum atomic E-state index is 0.492. The lowest BCUT2D eigenvalue weighted by atomic mass is 10.3. The first-order chi connectivity index (χ1) is 7.36. The lowest BCUT2D eigenvalue weighted by Crippen LogP contribution is -2.41. The fourth-order valence-corrected chi connectivity index (χ4v) is 1.10. The topological polar surface area (TPSA) is 75.6 Å². The molecule has 1 aromatic heterocycles. The zero-order valence-corrected chi connectivity index (χ0v) is 8.99. The standard InChI is InChI=1S/C10H18N4O/c1-2-3-6-12-10(14-11)13-8-9-5-4-7-15-9/h4-5,7H,2-3,6,8,11H2,1H3,(H2,12,13,14). The van der Waals surface area contributed by atoms with E-state index >= 15 is 0 Å². The molecule has 0 spiro atoms. The van der Waals surface area contributed by atoms with E-state index in [1.807, 2.05) is 12.1 Å². The summed E-state index contributed by atoms with van der Waals surface area (Å²) >= 11 is 0. The maximum absolute atomic E-state index is 5.32. The van der Waals surface area contributed by atoms with Crippen molar-refractivity contribution in [1.29, 1.82) is 0 Å². The molecule has 0 radical (unpaired) electrons. The van der Waals surface area contributed by atoms with Crippen molar-refractivity contribution in [3.05, 3.63) is 24.2 Å². The summed E-state index contributed by atoms with van der Waals surface area (Å²) in [6.45, 7) is 3.50. The number of guanidine groups is 1. The maximum atomic E-state index is 5.32. The molecule has 15 heavy (non-hydrogen) atoms. The van der Waals surface area contributed by atoms with Crippen LogP contribution in [-0.4, -0.2) is 12.5 Å². The van der Waals surface area contributed by atoms with Crippen LogP contribution in [0.4, 0.5) is 0 Å². The Morgan fingerprint density at radius 1 is 1.60 bits per heavy atom. The van der Waals surface area contributed by atoms with E-state index in [1.165, 1.54) is 0 Å². The van der Waals surface area contributed by atoms with Gasteiger partial charge in [0.25, 0.3) is 0 Å². The van der Waals surface area contributed by atoms with Crippen molar-refractivity contribution in [2.24, 2.45) is 10.8 Å². The summed E-state index contributed by atoms with van der Waals surface area (Å²) < 4.78 is 5.15. The molecular formula is C10H18N4O. The maximum Gasteiger partial charge on any atom is 0.206 e. The first kappa shape index (κ1) is 11.6. The van der Waals surface area contributed by atoms with Crippen molar-refractivity contribution in [3.63, 3.8) is 0 Å². The van der Waals surface area contributed by atoms with Gasteiger partial charge in [-0.3, -0.25) is 5.43 Å². The first-order valence-corrected chi connectivity index (χ1v) is 5.14. The van der Waals surface area contributed by atoms with Gasteiger partial charge in [-0.2, -0.15) is 0 Å². The van der Waals surface area contributed by atoms with Gasteiger partial charge < -0.3 is 9.73 Å². The molecule has 0 saturated heterocycles. The Kier molecular flexibility index (Phi) is 5.32. The van der Waals surface area contributed by atoms with Gasteiger partial charge in [0.1, 0.15) is 12.3 Å². The van der Waals surface area contributed by atoms with Gasteiger partial charge in [0.05, 0.1) is 6.26 Å². The average Bonchev–Trinajstić information content (AvgIpc) is 2.76. The van der Waals surface area contributed by atoms with Crippen molar-refractivity contribution < 1.29 is 4.42 Å². The fraction of sp³-hybridized carbons (Fsp3) is 0.500. The number of hydrogen-bond donors (Lipinski definition) is 3. The minimum Gasteiger partial charge on any atom is -0.467 e. The molecule has 5 heteroatoms. The van der Waals surface area contributed by atoms with Crippen LogP contribution < -0.4 is 16.6 Å². The van der Waals surface area contributed by atoms with E-state index < -0.39 is 0 Å². The minimum absolute atomic E-state index is 0.492. The van der Waals surface area contributed by atoms with Gasteiger partial charge in [0.2, 0.25) is 5.96 Å². The van der Waals surface area contributed by atoms with Crippen molar-refractivity contribution >= 4 is 5.96 Å². The summed E-state index contributed by atoms with van der Waals surface area (Å²) in [5.41, 5.74) is 2.52. The van der Waals surface area contributed by atoms with E-state index in [2.05, 4.69) is 22.7 Å². The molecule has 5 nitrogen and oxygen atoms in total. The molecule has 0 aromatic carbocycles. The van der Waals surface area contributed by atoms with Crippen LogP contribution in [0.3, 0.4) is 0 Å². The summed E-state index contributed by atoms with van der Waals surface area (Å²) in [4.78, 5) is 4.23. The number of aliphatic imine (C=N–C) groups is 1. The van der Waals surface area contributed by atoms with Gasteiger partial charge in [-0.15, -0.1) is 0 Å². The van der Waals surface area contributed by atoms with E-state index in [9.17, 15) is 0 Å². The first-order valence-electron chi connectivity index (χ1n) is 5.14. The van der Waals surface area contributed by atoms with Crippen LogP contribution in [0.1, 0.15) is 25.5 Å². The van der Waals surface area contributed by atoms with Crippen LogP contribution in [0.2, 0.25) is 0 Å². The number of rotatable bonds is 5. The summed E-state index contributed by atoms with van der Waals surface area (Å²) in [5.74, 6) is 6.74. The van der Waals surface area contributed by atoms with Crippen LogP contribution in [0, 0.1) is 0 Å². The summed E-state index contributed by atoms with van der Waals surface area (Å²) in [6, 6.07) is 3.72. The number of nitrogens with two attached hydrogens (primary N) is 1. The molecule has 0 atom stereocenters. The zero-order chi connectivity index (χ0) is 10.9. The smallest absolute Gasteiger partial charge is 0.206 e. The van der Waals surface area contributed by atoms with Crippen molar-refractivity contribution in [3.8, 4) is 0 Å². The van der Waals surface area contributed by atoms with Crippen LogP contribution in [0.5, 0.6) is 0 Å². The normalized spacial score (nSPS) is 11.5. The second-order valence-electron chi connectivity index (χ2n) is 3.17. The van der Waals surface area contributed by atoms with Crippen LogP contribution in [0.25, 0.3) is 0 Å². The van der Waals surface area contributed by atoms with E-state index in [0.29, 0.717) is 12.5 Å². The van der Waals surface area contributed by atoms with Crippen LogP contribution in [-0.2, 0) is 6.54 Å². The Morgan fingerprint density at radius 3 is 3.07 bits per heavy atom. The predicted octanol–water partition coefficient (Wildman–Crippen LogP) is 0.989. The molecule has 0 unspecified atom stereocenters. The van der Waals surface area contributed by atoms with Gasteiger partial charge in [-0.25, -0.2) is 10.8 Å².